The number of aliphatic imine (C=N–C) groups is 1. The highest BCUT2D eigenvalue weighted by Crippen LogP contribution is 2.40. The first kappa shape index (κ1) is 31.6. The number of carbonyl (C=O) groups is 1. The van der Waals surface area contributed by atoms with Crippen LogP contribution in [-0.4, -0.2) is 41.2 Å². The molecular weight excluding hydrogens is 632 g/mol. The maximum absolute atomic E-state index is 13.5. The van der Waals surface area contributed by atoms with Gasteiger partial charge in [0.1, 0.15) is 6.61 Å². The number of rotatable bonds is 6. The van der Waals surface area contributed by atoms with Crippen molar-refractivity contribution in [1.29, 1.82) is 0 Å². The first-order valence-electron chi connectivity index (χ1n) is 14.3. The van der Waals surface area contributed by atoms with E-state index in [4.69, 9.17) is 9.47 Å². The van der Waals surface area contributed by atoms with Crippen molar-refractivity contribution >= 4 is 39.8 Å². The lowest BCUT2D eigenvalue weighted by Gasteiger charge is -2.32. The SMILES string of the molecule is COc1cc(/C=C2/SC(N3CCC(c4c[nH]c5ccccc45)CC3)=NC2=O)ccc1OCc1ccc(C(F)(F)F)cc1C(F)(F)F. The van der Waals surface area contributed by atoms with Crippen molar-refractivity contribution in [2.24, 2.45) is 4.99 Å². The molecule has 240 valence electrons. The number of likely N-dealkylation sites (tertiary alicyclic amines) is 1. The summed E-state index contributed by atoms with van der Waals surface area (Å²) in [5.74, 6) is 0.279. The summed E-state index contributed by atoms with van der Waals surface area (Å²) in [6.07, 6.45) is -4.37. The van der Waals surface area contributed by atoms with Crippen LogP contribution in [0.15, 0.2) is 76.8 Å². The fourth-order valence-corrected chi connectivity index (χ4v) is 6.65. The highest BCUT2D eigenvalue weighted by atomic mass is 32.2. The van der Waals surface area contributed by atoms with Gasteiger partial charge >= 0.3 is 12.4 Å². The number of carbonyl (C=O) groups excluding carboxylic acids is 1. The van der Waals surface area contributed by atoms with Crippen LogP contribution >= 0.6 is 11.8 Å². The number of H-pyrrole nitrogens is 1. The van der Waals surface area contributed by atoms with Crippen LogP contribution < -0.4 is 9.47 Å². The number of aromatic nitrogens is 1. The summed E-state index contributed by atoms with van der Waals surface area (Å²) in [6, 6.07) is 14.2. The van der Waals surface area contributed by atoms with Crippen molar-refractivity contribution in [3.8, 4) is 11.5 Å². The van der Waals surface area contributed by atoms with Crippen LogP contribution in [0.5, 0.6) is 11.5 Å². The first-order chi connectivity index (χ1) is 21.9. The summed E-state index contributed by atoms with van der Waals surface area (Å²) >= 11 is 1.28. The molecule has 1 amide bonds. The van der Waals surface area contributed by atoms with Gasteiger partial charge in [0.25, 0.3) is 5.91 Å². The van der Waals surface area contributed by atoms with Gasteiger partial charge < -0.3 is 19.4 Å². The van der Waals surface area contributed by atoms with Crippen molar-refractivity contribution in [2.45, 2.75) is 37.7 Å². The van der Waals surface area contributed by atoms with Crippen LogP contribution in [0.1, 0.15) is 46.6 Å². The number of halogens is 6. The molecule has 6 rings (SSSR count). The Labute approximate surface area is 264 Å². The predicted molar refractivity (Wildman–Crippen MR) is 164 cm³/mol. The molecule has 6 nitrogen and oxygen atoms in total. The molecule has 0 aliphatic carbocycles. The maximum atomic E-state index is 13.5. The number of thioether (sulfide) groups is 1. The molecule has 1 N–H and O–H groups in total. The van der Waals surface area contributed by atoms with Crippen molar-refractivity contribution < 1.29 is 40.6 Å². The Kier molecular flexibility index (Phi) is 8.53. The molecule has 4 aromatic rings. The summed E-state index contributed by atoms with van der Waals surface area (Å²) in [6.45, 7) is 0.864. The number of piperidine rings is 1. The molecule has 2 aliphatic rings. The Morgan fingerprint density at radius 3 is 2.46 bits per heavy atom. The van der Waals surface area contributed by atoms with Gasteiger partial charge in [-0.25, -0.2) is 0 Å². The van der Waals surface area contributed by atoms with Gasteiger partial charge in [0.15, 0.2) is 16.7 Å². The number of para-hydroxylation sites is 1. The van der Waals surface area contributed by atoms with Crippen LogP contribution in [0, 0.1) is 0 Å². The average molecular weight is 660 g/mol. The Balaban J connectivity index is 1.11. The first-order valence-corrected chi connectivity index (χ1v) is 15.1. The van der Waals surface area contributed by atoms with Crippen LogP contribution in [0.2, 0.25) is 0 Å². The highest BCUT2D eigenvalue weighted by molar-refractivity contribution is 8.18. The highest BCUT2D eigenvalue weighted by Gasteiger charge is 2.38. The lowest BCUT2D eigenvalue weighted by atomic mass is 9.89. The fraction of sp³-hybridized carbons (Fsp3) is 0.273. The number of nitrogens with zero attached hydrogens (tertiary/aromatic N) is 2. The molecule has 0 radical (unpaired) electrons. The van der Waals surface area contributed by atoms with Gasteiger partial charge in [-0.05, 0) is 78.1 Å². The second-order valence-electron chi connectivity index (χ2n) is 10.9. The molecule has 2 aliphatic heterocycles. The van der Waals surface area contributed by atoms with Gasteiger partial charge in [0.2, 0.25) is 0 Å². The topological polar surface area (TPSA) is 66.9 Å². The van der Waals surface area contributed by atoms with Crippen LogP contribution in [-0.2, 0) is 23.8 Å². The Morgan fingerprint density at radius 1 is 0.978 bits per heavy atom. The number of hydrogen-bond donors (Lipinski definition) is 1. The van der Waals surface area contributed by atoms with Crippen LogP contribution in [0.25, 0.3) is 17.0 Å². The molecule has 0 spiro atoms. The number of hydrogen-bond acceptors (Lipinski definition) is 5. The zero-order valence-corrected chi connectivity index (χ0v) is 25.2. The van der Waals surface area contributed by atoms with Crippen molar-refractivity contribution in [1.82, 2.24) is 9.88 Å². The van der Waals surface area contributed by atoms with E-state index < -0.39 is 35.6 Å². The van der Waals surface area contributed by atoms with E-state index in [0.29, 0.717) is 27.6 Å². The minimum atomic E-state index is -5.01. The third-order valence-electron chi connectivity index (χ3n) is 8.05. The average Bonchev–Trinajstić information content (AvgIpc) is 3.62. The third-order valence-corrected chi connectivity index (χ3v) is 9.09. The van der Waals surface area contributed by atoms with E-state index in [1.54, 1.807) is 18.2 Å². The molecule has 3 aromatic carbocycles. The zero-order valence-electron chi connectivity index (χ0n) is 24.3. The summed E-state index contributed by atoms with van der Waals surface area (Å²) in [7, 11) is 1.34. The quantitative estimate of drug-likeness (QED) is 0.166. The summed E-state index contributed by atoms with van der Waals surface area (Å²) in [5, 5.41) is 1.86. The number of amidine groups is 1. The number of benzene rings is 3. The minimum absolute atomic E-state index is 0.0732. The van der Waals surface area contributed by atoms with E-state index in [0.717, 1.165) is 37.5 Å². The molecule has 0 bridgehead atoms. The number of ether oxygens (including phenoxy) is 2. The zero-order chi connectivity index (χ0) is 32.6. The van der Waals surface area contributed by atoms with Crippen molar-refractivity contribution in [3.63, 3.8) is 0 Å². The summed E-state index contributed by atoms with van der Waals surface area (Å²) in [4.78, 5) is 22.9. The monoisotopic (exact) mass is 659 g/mol. The van der Waals surface area contributed by atoms with Gasteiger partial charge in [0, 0.05) is 35.8 Å². The van der Waals surface area contributed by atoms with Gasteiger partial charge in [-0.3, -0.25) is 4.79 Å². The van der Waals surface area contributed by atoms with E-state index in [2.05, 4.69) is 33.2 Å². The Bertz CT molecular complexity index is 1840. The second kappa shape index (κ2) is 12.4. The largest absolute Gasteiger partial charge is 0.493 e. The maximum Gasteiger partial charge on any atom is 0.416 e. The lowest BCUT2D eigenvalue weighted by Crippen LogP contribution is -2.35. The Hall–Kier alpha value is -4.39. The molecule has 1 aromatic heterocycles. The van der Waals surface area contributed by atoms with Crippen molar-refractivity contribution in [3.05, 3.63) is 99.6 Å². The lowest BCUT2D eigenvalue weighted by molar-refractivity contribution is -0.143. The van der Waals surface area contributed by atoms with Gasteiger partial charge in [0.05, 0.1) is 23.1 Å². The van der Waals surface area contributed by atoms with E-state index in [9.17, 15) is 31.1 Å². The van der Waals surface area contributed by atoms with E-state index in [-0.39, 0.29) is 23.5 Å². The second-order valence-corrected chi connectivity index (χ2v) is 11.9. The molecule has 1 saturated heterocycles. The number of amides is 1. The minimum Gasteiger partial charge on any atom is -0.493 e. The van der Waals surface area contributed by atoms with E-state index in [1.165, 1.54) is 35.9 Å². The standard InChI is InChI=1S/C33H27F6N3O3S/c1-44-28-14-19(6-9-27(28)45-18-21-7-8-22(32(34,35)36)16-25(21)33(37,38)39)15-29-30(43)41-31(46-29)42-12-10-20(11-13-42)24-17-40-26-5-3-2-4-23(24)26/h2-9,14-17,20,40H,10-13,18H2,1H3/b29-15+. The smallest absolute Gasteiger partial charge is 0.416 e. The third kappa shape index (κ3) is 6.60. The molecular formula is C33H27F6N3O3S. The van der Waals surface area contributed by atoms with Gasteiger partial charge in [-0.15, -0.1) is 0 Å². The summed E-state index contributed by atoms with van der Waals surface area (Å²) in [5.41, 5.74) is -0.314. The fourth-order valence-electron chi connectivity index (χ4n) is 5.69. The summed E-state index contributed by atoms with van der Waals surface area (Å²) < 4.78 is 90.6. The molecule has 46 heavy (non-hydrogen) atoms. The molecule has 0 atom stereocenters. The van der Waals surface area contributed by atoms with Crippen molar-refractivity contribution in [2.75, 3.05) is 20.2 Å². The Morgan fingerprint density at radius 2 is 1.74 bits per heavy atom. The van der Waals surface area contributed by atoms with Crippen LogP contribution in [0.3, 0.4) is 0 Å². The molecule has 13 heteroatoms. The number of fused-ring (bicyclic) bond motifs is 1. The molecule has 0 saturated carbocycles. The van der Waals surface area contributed by atoms with Crippen LogP contribution in [0.4, 0.5) is 26.3 Å². The van der Waals surface area contributed by atoms with E-state index >= 15 is 0 Å². The van der Waals surface area contributed by atoms with Gasteiger partial charge in [-0.2, -0.15) is 31.3 Å². The number of nitrogens with one attached hydrogen (secondary N) is 1. The van der Waals surface area contributed by atoms with Gasteiger partial charge in [-0.1, -0.05) is 30.3 Å². The predicted octanol–water partition coefficient (Wildman–Crippen LogP) is 8.64. The molecule has 3 heterocycles. The molecule has 0 unspecified atom stereocenters. The number of alkyl halides is 6. The van der Waals surface area contributed by atoms with E-state index in [1.807, 2.05) is 12.1 Å². The normalized spacial score (nSPS) is 17.2. The number of methoxy groups -OCH3 is 1. The number of aromatic amines is 1. The molecule has 1 fully saturated rings.